The first kappa shape index (κ1) is 15.8. The third-order valence-electron chi connectivity index (χ3n) is 3.57. The summed E-state index contributed by atoms with van der Waals surface area (Å²) in [4.78, 5) is 26.0. The highest BCUT2D eigenvalue weighted by Crippen LogP contribution is 2.21. The van der Waals surface area contributed by atoms with E-state index in [1.165, 1.54) is 23.9 Å². The topological polar surface area (TPSA) is 63.4 Å². The molecule has 114 valence electrons. The van der Waals surface area contributed by atoms with Crippen LogP contribution in [0.1, 0.15) is 19.3 Å². The Balaban J connectivity index is 1.76. The minimum absolute atomic E-state index is 0.0514. The molecule has 0 radical (unpaired) electrons. The fourth-order valence-electron chi connectivity index (χ4n) is 2.38. The maximum atomic E-state index is 12.8. The van der Waals surface area contributed by atoms with Crippen LogP contribution in [0, 0.1) is 11.7 Å². The van der Waals surface area contributed by atoms with Gasteiger partial charge in [-0.25, -0.2) is 4.39 Å². The van der Waals surface area contributed by atoms with Gasteiger partial charge in [0.2, 0.25) is 11.8 Å². The van der Waals surface area contributed by atoms with Gasteiger partial charge >= 0.3 is 0 Å². The van der Waals surface area contributed by atoms with Gasteiger partial charge < -0.3 is 10.6 Å². The Hall–Kier alpha value is -1.56. The van der Waals surface area contributed by atoms with E-state index in [4.69, 9.17) is 5.73 Å². The highest BCUT2D eigenvalue weighted by atomic mass is 32.2. The fraction of sp³-hybridized carbons (Fsp3) is 0.467. The maximum absolute atomic E-state index is 12.8. The second-order valence-electron chi connectivity index (χ2n) is 5.13. The highest BCUT2D eigenvalue weighted by Gasteiger charge is 2.26. The van der Waals surface area contributed by atoms with Crippen LogP contribution in [-0.2, 0) is 9.59 Å². The van der Waals surface area contributed by atoms with Gasteiger partial charge in [-0.3, -0.25) is 9.59 Å². The Morgan fingerprint density at radius 3 is 2.71 bits per heavy atom. The van der Waals surface area contributed by atoms with Crippen LogP contribution in [0.4, 0.5) is 4.39 Å². The fourth-order valence-corrected chi connectivity index (χ4v) is 3.22. The first-order valence-electron chi connectivity index (χ1n) is 7.01. The Bertz CT molecular complexity index is 507. The lowest BCUT2D eigenvalue weighted by Crippen LogP contribution is -2.44. The SMILES string of the molecule is NC(=O)C1CCCN(C(=O)CCSc2ccc(F)cc2)C1. The number of nitrogens with zero attached hydrogens (tertiary/aromatic N) is 1. The molecular weight excluding hydrogens is 291 g/mol. The zero-order chi connectivity index (χ0) is 15.2. The number of amides is 2. The van der Waals surface area contributed by atoms with Gasteiger partial charge in [-0.15, -0.1) is 11.8 Å². The number of carbonyl (C=O) groups excluding carboxylic acids is 2. The second kappa shape index (κ2) is 7.45. The molecule has 2 rings (SSSR count). The minimum Gasteiger partial charge on any atom is -0.369 e. The third-order valence-corrected chi connectivity index (χ3v) is 4.59. The molecule has 4 nitrogen and oxygen atoms in total. The van der Waals surface area contributed by atoms with Gasteiger partial charge in [-0.1, -0.05) is 0 Å². The van der Waals surface area contributed by atoms with Crippen LogP contribution in [0.5, 0.6) is 0 Å². The van der Waals surface area contributed by atoms with Crippen LogP contribution in [0.15, 0.2) is 29.2 Å². The summed E-state index contributed by atoms with van der Waals surface area (Å²) in [6.07, 6.45) is 2.00. The largest absolute Gasteiger partial charge is 0.369 e. The lowest BCUT2D eigenvalue weighted by molar-refractivity contribution is -0.134. The predicted octanol–water partition coefficient (Wildman–Crippen LogP) is 2.03. The molecule has 1 atom stereocenters. The van der Waals surface area contributed by atoms with E-state index >= 15 is 0 Å². The van der Waals surface area contributed by atoms with Crippen molar-refractivity contribution in [3.8, 4) is 0 Å². The van der Waals surface area contributed by atoms with Gasteiger partial charge in [0, 0.05) is 30.2 Å². The van der Waals surface area contributed by atoms with Crippen LogP contribution in [0.25, 0.3) is 0 Å². The summed E-state index contributed by atoms with van der Waals surface area (Å²) in [6.45, 7) is 1.14. The summed E-state index contributed by atoms with van der Waals surface area (Å²) in [5.74, 6) is -0.111. The standard InChI is InChI=1S/C15H19FN2O2S/c16-12-3-5-13(6-4-12)21-9-7-14(19)18-8-1-2-11(10-18)15(17)20/h3-6,11H,1-2,7-10H2,(H2,17,20). The number of piperidine rings is 1. The molecule has 2 amide bonds. The van der Waals surface area contributed by atoms with Crippen molar-refractivity contribution in [2.45, 2.75) is 24.2 Å². The molecular formula is C15H19FN2O2S. The Morgan fingerprint density at radius 2 is 2.05 bits per heavy atom. The van der Waals surface area contributed by atoms with Crippen LogP contribution in [0.3, 0.4) is 0 Å². The molecule has 0 spiro atoms. The molecule has 0 saturated carbocycles. The Labute approximate surface area is 127 Å². The number of benzene rings is 1. The highest BCUT2D eigenvalue weighted by molar-refractivity contribution is 7.99. The normalized spacial score (nSPS) is 18.5. The molecule has 1 unspecified atom stereocenters. The van der Waals surface area contributed by atoms with Gasteiger partial charge in [-0.2, -0.15) is 0 Å². The average molecular weight is 310 g/mol. The first-order chi connectivity index (χ1) is 10.1. The van der Waals surface area contributed by atoms with Crippen LogP contribution in [0.2, 0.25) is 0 Å². The molecule has 0 bridgehead atoms. The van der Waals surface area contributed by atoms with Crippen molar-refractivity contribution in [2.75, 3.05) is 18.8 Å². The molecule has 6 heteroatoms. The molecule has 21 heavy (non-hydrogen) atoms. The number of carbonyl (C=O) groups is 2. The molecule has 1 aliphatic rings. The number of nitrogens with two attached hydrogens (primary N) is 1. The van der Waals surface area contributed by atoms with Crippen LogP contribution in [-0.4, -0.2) is 35.6 Å². The van der Waals surface area contributed by atoms with Crippen molar-refractivity contribution in [2.24, 2.45) is 11.7 Å². The van der Waals surface area contributed by atoms with Gasteiger partial charge in [0.1, 0.15) is 5.82 Å². The minimum atomic E-state index is -0.326. The number of hydrogen-bond donors (Lipinski definition) is 1. The zero-order valence-corrected chi connectivity index (χ0v) is 12.6. The monoisotopic (exact) mass is 310 g/mol. The summed E-state index contributed by atoms with van der Waals surface area (Å²) >= 11 is 1.52. The summed E-state index contributed by atoms with van der Waals surface area (Å²) in [5.41, 5.74) is 5.31. The number of thioether (sulfide) groups is 1. The molecule has 1 saturated heterocycles. The van der Waals surface area contributed by atoms with Crippen molar-refractivity contribution in [3.63, 3.8) is 0 Å². The summed E-state index contributed by atoms with van der Waals surface area (Å²) < 4.78 is 12.8. The smallest absolute Gasteiger partial charge is 0.223 e. The van der Waals surface area contributed by atoms with E-state index in [2.05, 4.69) is 0 Å². The van der Waals surface area contributed by atoms with E-state index in [-0.39, 0.29) is 23.5 Å². The number of hydrogen-bond acceptors (Lipinski definition) is 3. The molecule has 2 N–H and O–H groups in total. The van der Waals surface area contributed by atoms with Crippen molar-refractivity contribution in [1.82, 2.24) is 4.90 Å². The van der Waals surface area contributed by atoms with Crippen molar-refractivity contribution >= 4 is 23.6 Å². The Kier molecular flexibility index (Phi) is 5.61. The quantitative estimate of drug-likeness (QED) is 0.846. The van der Waals surface area contributed by atoms with Gasteiger partial charge in [0.15, 0.2) is 0 Å². The molecule has 0 aliphatic carbocycles. The van der Waals surface area contributed by atoms with Gasteiger partial charge in [0.05, 0.1) is 5.92 Å². The maximum Gasteiger partial charge on any atom is 0.223 e. The van der Waals surface area contributed by atoms with Crippen LogP contribution < -0.4 is 5.73 Å². The second-order valence-corrected chi connectivity index (χ2v) is 6.30. The number of likely N-dealkylation sites (tertiary alicyclic amines) is 1. The van der Waals surface area contributed by atoms with Gasteiger partial charge in [0.25, 0.3) is 0 Å². The van der Waals surface area contributed by atoms with E-state index in [1.807, 2.05) is 0 Å². The molecule has 1 fully saturated rings. The average Bonchev–Trinajstić information content (AvgIpc) is 2.49. The van der Waals surface area contributed by atoms with E-state index in [9.17, 15) is 14.0 Å². The summed E-state index contributed by atoms with van der Waals surface area (Å²) in [5, 5.41) is 0. The van der Waals surface area contributed by atoms with E-state index in [0.29, 0.717) is 25.3 Å². The molecule has 1 aromatic carbocycles. The van der Waals surface area contributed by atoms with E-state index in [0.717, 1.165) is 17.7 Å². The molecule has 1 aromatic rings. The van der Waals surface area contributed by atoms with Gasteiger partial charge in [-0.05, 0) is 37.1 Å². The Morgan fingerprint density at radius 1 is 1.33 bits per heavy atom. The number of halogens is 1. The lowest BCUT2D eigenvalue weighted by atomic mass is 9.97. The van der Waals surface area contributed by atoms with Crippen molar-refractivity contribution in [3.05, 3.63) is 30.1 Å². The van der Waals surface area contributed by atoms with Crippen molar-refractivity contribution < 1.29 is 14.0 Å². The van der Waals surface area contributed by atoms with E-state index < -0.39 is 0 Å². The lowest BCUT2D eigenvalue weighted by Gasteiger charge is -2.31. The predicted molar refractivity (Wildman–Crippen MR) is 80.2 cm³/mol. The van der Waals surface area contributed by atoms with Crippen LogP contribution >= 0.6 is 11.8 Å². The molecule has 1 aliphatic heterocycles. The zero-order valence-electron chi connectivity index (χ0n) is 11.8. The number of rotatable bonds is 5. The molecule has 0 aromatic heterocycles. The van der Waals surface area contributed by atoms with Crippen molar-refractivity contribution in [1.29, 1.82) is 0 Å². The summed E-state index contributed by atoms with van der Waals surface area (Å²) in [6, 6.07) is 6.22. The molecule has 1 heterocycles. The van der Waals surface area contributed by atoms with E-state index in [1.54, 1.807) is 17.0 Å². The first-order valence-corrected chi connectivity index (χ1v) is 8.00. The third kappa shape index (κ3) is 4.74. The number of primary amides is 1. The summed E-state index contributed by atoms with van der Waals surface area (Å²) in [7, 11) is 0.